The molecule has 0 bridgehead atoms. The van der Waals surface area contributed by atoms with Gasteiger partial charge in [-0.25, -0.2) is 28.5 Å². The van der Waals surface area contributed by atoms with Crippen molar-refractivity contribution < 1.29 is 56.1 Å². The van der Waals surface area contributed by atoms with E-state index in [4.69, 9.17) is 23.3 Å². The Hall–Kier alpha value is -5.94. The van der Waals surface area contributed by atoms with Crippen molar-refractivity contribution in [3.63, 3.8) is 0 Å². The van der Waals surface area contributed by atoms with Crippen molar-refractivity contribution in [3.05, 3.63) is 155 Å². The molecule has 6 atom stereocenters. The zero-order chi connectivity index (χ0) is 41.6. The predicted octanol–water partition coefficient (Wildman–Crippen LogP) is 7.05. The normalized spacial score (nSPS) is 19.6. The number of benzene rings is 4. The number of para-hydroxylation sites is 2. The summed E-state index contributed by atoms with van der Waals surface area (Å²) >= 11 is 0. The van der Waals surface area contributed by atoms with E-state index in [-0.39, 0.29) is 5.65 Å². The molecule has 0 radical (unpaired) electrons. The van der Waals surface area contributed by atoms with Crippen LogP contribution >= 0.6 is 15.6 Å². The third-order valence-corrected chi connectivity index (χ3v) is 11.4. The van der Waals surface area contributed by atoms with Gasteiger partial charge in [0.1, 0.15) is 11.8 Å². The number of hydrogen-bond acceptors (Lipinski definition) is 12. The molecule has 1 aliphatic heterocycles. The van der Waals surface area contributed by atoms with E-state index in [0.717, 1.165) is 15.7 Å². The highest BCUT2D eigenvalue weighted by atomic mass is 31.3. The van der Waals surface area contributed by atoms with Gasteiger partial charge in [0.05, 0.1) is 18.9 Å². The molecule has 1 saturated heterocycles. The minimum Gasteiger partial charge on any atom is -0.439 e. The van der Waals surface area contributed by atoms with Crippen LogP contribution in [0.5, 0.6) is 0 Å². The number of phosphoric ester groups is 2. The van der Waals surface area contributed by atoms with Crippen LogP contribution in [0, 0.1) is 6.92 Å². The second kappa shape index (κ2) is 17.9. The average molecular weight is 846 g/mol. The minimum atomic E-state index is -5.44. The summed E-state index contributed by atoms with van der Waals surface area (Å²) in [4.78, 5) is 66.4. The number of nitrogens with zero attached hydrogens (tertiary/aromatic N) is 3. The topological polar surface area (TPSA) is 227 Å². The Labute approximate surface area is 336 Å². The van der Waals surface area contributed by atoms with Gasteiger partial charge in [-0.2, -0.15) is 4.31 Å². The van der Waals surface area contributed by atoms with Gasteiger partial charge < -0.3 is 24.0 Å². The maximum absolute atomic E-state index is 14.2. The summed E-state index contributed by atoms with van der Waals surface area (Å²) in [5.41, 5.74) is 2.95. The molecule has 4 N–H and O–H groups in total. The zero-order valence-corrected chi connectivity index (χ0v) is 32.8. The Morgan fingerprint density at radius 1 is 0.763 bits per heavy atom. The third kappa shape index (κ3) is 10.6. The summed E-state index contributed by atoms with van der Waals surface area (Å²) in [7, 11) is -10.6. The SMILES string of the molecule is Cc1ccc(-c2cn3c(=O)n([C@@H]4O[C@H](COP(=O)(O)OP(=O)(O)OCc5ccccc5)[C@H](OC(=O)Nc5ccccc5)C4OC(=O)Nc4ccccc4)ccc3n2)cc1. The standard InChI is InChI=1S/C39H37N5O13P2/c1-26-17-19-28(20-18-26)31-23-44-33(42-31)21-22-43(39(44)47)36-35(56-38(46)41-30-15-9-4-10-16-30)34(55-37(45)40-29-13-7-3-8-14-29)32(54-36)25-53-59(50,51)57-58(48,49)52-24-27-11-5-2-6-12-27/h2-23,32,34-36H,24-25H2,1H3,(H,40,45)(H,41,46)(H,48,49)(H,50,51)/t32-,34+,35?,36-/m1/s1. The van der Waals surface area contributed by atoms with Crippen LogP contribution in [0.4, 0.5) is 21.0 Å². The summed E-state index contributed by atoms with van der Waals surface area (Å²) in [6, 6.07) is 33.7. The van der Waals surface area contributed by atoms with Crippen molar-refractivity contribution in [2.24, 2.45) is 0 Å². The van der Waals surface area contributed by atoms with Crippen LogP contribution in [0.2, 0.25) is 0 Å². The molecule has 59 heavy (non-hydrogen) atoms. The van der Waals surface area contributed by atoms with E-state index in [1.54, 1.807) is 91.0 Å². The molecule has 4 aromatic carbocycles. The molecule has 0 saturated carbocycles. The van der Waals surface area contributed by atoms with E-state index in [9.17, 15) is 33.3 Å². The Kier molecular flexibility index (Phi) is 12.5. The second-order valence-electron chi connectivity index (χ2n) is 13.1. The monoisotopic (exact) mass is 845 g/mol. The third-order valence-electron chi connectivity index (χ3n) is 8.82. The number of amides is 2. The molecule has 7 rings (SSSR count). The molecule has 18 nitrogen and oxygen atoms in total. The van der Waals surface area contributed by atoms with Gasteiger partial charge >= 0.3 is 33.5 Å². The number of aromatic nitrogens is 3. The number of anilines is 2. The Morgan fingerprint density at radius 3 is 1.93 bits per heavy atom. The van der Waals surface area contributed by atoms with Crippen LogP contribution in [0.1, 0.15) is 17.4 Å². The molecule has 0 aliphatic carbocycles. The molecule has 20 heteroatoms. The van der Waals surface area contributed by atoms with Crippen molar-refractivity contribution in [1.29, 1.82) is 0 Å². The van der Waals surface area contributed by atoms with Gasteiger partial charge in [0.25, 0.3) is 0 Å². The number of hydrogen-bond donors (Lipinski definition) is 4. The van der Waals surface area contributed by atoms with Crippen LogP contribution in [-0.4, -0.2) is 60.8 Å². The highest BCUT2D eigenvalue weighted by molar-refractivity contribution is 7.61. The first-order valence-corrected chi connectivity index (χ1v) is 20.9. The lowest BCUT2D eigenvalue weighted by molar-refractivity contribution is -0.0554. The number of phosphoric acid groups is 2. The maximum atomic E-state index is 14.2. The van der Waals surface area contributed by atoms with Crippen LogP contribution in [-0.2, 0) is 43.3 Å². The summed E-state index contributed by atoms with van der Waals surface area (Å²) in [5.74, 6) is 0. The Balaban J connectivity index is 1.20. The van der Waals surface area contributed by atoms with Gasteiger partial charge in [-0.15, -0.1) is 0 Å². The highest BCUT2D eigenvalue weighted by Crippen LogP contribution is 2.61. The van der Waals surface area contributed by atoms with Crippen molar-refractivity contribution in [2.45, 2.75) is 38.1 Å². The number of aryl methyl sites for hydroxylation is 1. The quantitative estimate of drug-likeness (QED) is 0.0806. The van der Waals surface area contributed by atoms with E-state index >= 15 is 0 Å². The summed E-state index contributed by atoms with van der Waals surface area (Å²) in [6.07, 6.45) is -5.72. The number of ether oxygens (including phenoxy) is 3. The number of carbonyl (C=O) groups excluding carboxylic acids is 2. The summed E-state index contributed by atoms with van der Waals surface area (Å²) in [6.45, 7) is 0.527. The largest absolute Gasteiger partial charge is 0.481 e. The first-order chi connectivity index (χ1) is 28.3. The molecule has 6 aromatic rings. The first kappa shape index (κ1) is 41.2. The molecule has 306 valence electrons. The minimum absolute atomic E-state index is 0.273. The fourth-order valence-corrected chi connectivity index (χ4v) is 8.12. The predicted molar refractivity (Wildman–Crippen MR) is 212 cm³/mol. The number of nitrogens with one attached hydrogen (secondary N) is 2. The molecule has 3 unspecified atom stereocenters. The fourth-order valence-electron chi connectivity index (χ4n) is 6.05. The van der Waals surface area contributed by atoms with Crippen molar-refractivity contribution in [1.82, 2.24) is 14.0 Å². The lowest BCUT2D eigenvalue weighted by Crippen LogP contribution is -2.43. The molecule has 3 heterocycles. The lowest BCUT2D eigenvalue weighted by Gasteiger charge is -2.25. The molecule has 2 amide bonds. The Morgan fingerprint density at radius 2 is 1.32 bits per heavy atom. The lowest BCUT2D eigenvalue weighted by atomic mass is 10.1. The maximum Gasteiger partial charge on any atom is 0.481 e. The molecule has 0 spiro atoms. The van der Waals surface area contributed by atoms with Gasteiger partial charge in [-0.05, 0) is 42.8 Å². The van der Waals surface area contributed by atoms with E-state index in [1.807, 2.05) is 31.2 Å². The smallest absolute Gasteiger partial charge is 0.439 e. The molecular weight excluding hydrogens is 808 g/mol. The van der Waals surface area contributed by atoms with Crippen molar-refractivity contribution in [2.75, 3.05) is 17.2 Å². The zero-order valence-electron chi connectivity index (χ0n) is 31.0. The van der Waals surface area contributed by atoms with E-state index < -0.39 is 71.3 Å². The molecule has 1 fully saturated rings. The summed E-state index contributed by atoms with van der Waals surface area (Å²) < 4.78 is 60.3. The molecular formula is C39H37N5O13P2. The van der Waals surface area contributed by atoms with E-state index in [0.29, 0.717) is 22.6 Å². The van der Waals surface area contributed by atoms with Crippen LogP contribution < -0.4 is 16.3 Å². The van der Waals surface area contributed by atoms with Gasteiger partial charge in [-0.3, -0.25) is 28.6 Å². The molecule has 1 aliphatic rings. The van der Waals surface area contributed by atoms with Crippen LogP contribution in [0.3, 0.4) is 0 Å². The average Bonchev–Trinajstić information content (AvgIpc) is 3.79. The number of carbonyl (C=O) groups is 2. The second-order valence-corrected chi connectivity index (χ2v) is 16.1. The number of imidazole rings is 1. The number of fused-ring (bicyclic) bond motifs is 1. The number of rotatable bonds is 14. The van der Waals surface area contributed by atoms with E-state index in [2.05, 4.69) is 19.9 Å². The van der Waals surface area contributed by atoms with Crippen LogP contribution in [0.15, 0.2) is 139 Å². The van der Waals surface area contributed by atoms with Crippen molar-refractivity contribution >= 4 is 44.9 Å². The van der Waals surface area contributed by atoms with Gasteiger partial charge in [0.2, 0.25) is 0 Å². The summed E-state index contributed by atoms with van der Waals surface area (Å²) in [5, 5.41) is 5.10. The van der Waals surface area contributed by atoms with Gasteiger partial charge in [0, 0.05) is 29.3 Å². The fraction of sp³-hybridized carbons (Fsp3) is 0.179. The highest BCUT2D eigenvalue weighted by Gasteiger charge is 2.52. The first-order valence-electron chi connectivity index (χ1n) is 17.9. The van der Waals surface area contributed by atoms with Gasteiger partial charge in [0.15, 0.2) is 18.4 Å². The van der Waals surface area contributed by atoms with Gasteiger partial charge in [-0.1, -0.05) is 96.6 Å². The Bertz CT molecular complexity index is 2560. The van der Waals surface area contributed by atoms with Crippen LogP contribution in [0.25, 0.3) is 16.9 Å². The van der Waals surface area contributed by atoms with E-state index in [1.165, 1.54) is 22.9 Å². The molecule has 2 aromatic heterocycles. The van der Waals surface area contributed by atoms with Crippen molar-refractivity contribution in [3.8, 4) is 11.3 Å².